The lowest BCUT2D eigenvalue weighted by atomic mass is 9.95. The summed E-state index contributed by atoms with van der Waals surface area (Å²) in [6.07, 6.45) is 37.0. The summed E-state index contributed by atoms with van der Waals surface area (Å²) < 4.78 is 23.4. The van der Waals surface area contributed by atoms with Gasteiger partial charge in [0.05, 0.1) is 19.8 Å². The van der Waals surface area contributed by atoms with Crippen LogP contribution in [-0.2, 0) is 33.3 Å². The van der Waals surface area contributed by atoms with Crippen molar-refractivity contribution in [3.8, 4) is 0 Å². The van der Waals surface area contributed by atoms with Crippen LogP contribution in [0.3, 0.4) is 0 Å². The molecule has 0 bridgehead atoms. The lowest BCUT2D eigenvalue weighted by molar-refractivity contribution is -0.162. The number of hydrogen-bond acceptors (Lipinski definition) is 8. The van der Waals surface area contributed by atoms with Gasteiger partial charge in [0.25, 0.3) is 0 Å². The molecule has 0 spiro atoms. The fourth-order valence-corrected chi connectivity index (χ4v) is 7.97. The van der Waals surface area contributed by atoms with E-state index in [0.29, 0.717) is 44.5 Å². The molecule has 1 unspecified atom stereocenters. The maximum absolute atomic E-state index is 13.0. The molecule has 0 heterocycles. The van der Waals surface area contributed by atoms with Gasteiger partial charge < -0.3 is 23.8 Å². The number of unbranched alkanes of at least 4 members (excludes halogenated alkanes) is 20. The Bertz CT molecular complexity index is 877. The van der Waals surface area contributed by atoms with Crippen molar-refractivity contribution in [2.45, 2.75) is 265 Å². The molecular weight excluding hydrogens is 751 g/mol. The Morgan fingerprint density at radius 1 is 0.450 bits per heavy atom. The van der Waals surface area contributed by atoms with Gasteiger partial charge >= 0.3 is 17.9 Å². The largest absolute Gasteiger partial charge is 0.465 e. The lowest BCUT2D eigenvalue weighted by Crippen LogP contribution is -2.30. The van der Waals surface area contributed by atoms with Crippen LogP contribution in [0.2, 0.25) is 0 Å². The van der Waals surface area contributed by atoms with Gasteiger partial charge in [-0.1, -0.05) is 169 Å². The van der Waals surface area contributed by atoms with Gasteiger partial charge in [-0.05, 0) is 97.1 Å². The standard InChI is InChI=1S/C52H101NO7/c1-8-12-16-26-34-47(35-27-17-13-9-2)44-58-50(54)40-32-24-20-22-30-38-49(60-52(56)46(5)57-43-42-53(6)7)39-31-23-21-25-33-41-51(55)59-45-48(36-28-18-14-10-3)37-29-19-15-11-4/h46-49H,8-45H2,1-7H3. The average Bonchev–Trinajstić information content (AvgIpc) is 3.23. The summed E-state index contributed by atoms with van der Waals surface area (Å²) in [7, 11) is 3.98. The second-order valence-electron chi connectivity index (χ2n) is 18.5. The van der Waals surface area contributed by atoms with E-state index in [0.717, 1.165) is 83.6 Å². The Kier molecular flexibility index (Phi) is 42.7. The second kappa shape index (κ2) is 44.0. The molecule has 356 valence electrons. The summed E-state index contributed by atoms with van der Waals surface area (Å²) in [6.45, 7) is 13.2. The molecule has 8 nitrogen and oxygen atoms in total. The first kappa shape index (κ1) is 58.3. The monoisotopic (exact) mass is 852 g/mol. The number of nitrogens with zero attached hydrogens (tertiary/aromatic N) is 1. The predicted octanol–water partition coefficient (Wildman–Crippen LogP) is 14.5. The fraction of sp³-hybridized carbons (Fsp3) is 0.942. The minimum atomic E-state index is -0.582. The first-order valence-corrected chi connectivity index (χ1v) is 25.9. The highest BCUT2D eigenvalue weighted by atomic mass is 16.6. The molecule has 1 atom stereocenters. The molecule has 0 amide bonds. The molecule has 60 heavy (non-hydrogen) atoms. The van der Waals surface area contributed by atoms with Crippen molar-refractivity contribution in [2.75, 3.05) is 40.5 Å². The average molecular weight is 852 g/mol. The number of likely N-dealkylation sites (N-methyl/N-ethyl adjacent to an activating group) is 1. The SMILES string of the molecule is CCCCCCC(CCCCCC)COC(=O)CCCCCCCC(CCCCCCCC(=O)OCC(CCCCCC)CCCCCC)OC(=O)C(C)OCCN(C)C. The Balaban J connectivity index is 4.60. The van der Waals surface area contributed by atoms with Crippen LogP contribution in [-0.4, -0.2) is 75.5 Å². The molecule has 0 rings (SSSR count). The highest BCUT2D eigenvalue weighted by Crippen LogP contribution is 2.22. The Morgan fingerprint density at radius 2 is 0.783 bits per heavy atom. The number of esters is 3. The van der Waals surface area contributed by atoms with Crippen molar-refractivity contribution in [3.05, 3.63) is 0 Å². The van der Waals surface area contributed by atoms with Crippen LogP contribution in [0.4, 0.5) is 0 Å². The van der Waals surface area contributed by atoms with Gasteiger partial charge in [0.1, 0.15) is 6.10 Å². The predicted molar refractivity (Wildman–Crippen MR) is 252 cm³/mol. The van der Waals surface area contributed by atoms with Crippen LogP contribution in [0, 0.1) is 11.8 Å². The zero-order chi connectivity index (χ0) is 44.3. The Morgan fingerprint density at radius 3 is 1.15 bits per heavy atom. The van der Waals surface area contributed by atoms with Gasteiger partial charge in [-0.3, -0.25) is 9.59 Å². The zero-order valence-corrected chi connectivity index (χ0v) is 41.0. The highest BCUT2D eigenvalue weighted by Gasteiger charge is 2.21. The molecule has 0 radical (unpaired) electrons. The van der Waals surface area contributed by atoms with E-state index >= 15 is 0 Å². The number of hydrogen-bond donors (Lipinski definition) is 0. The van der Waals surface area contributed by atoms with Crippen LogP contribution in [0.1, 0.15) is 253 Å². The van der Waals surface area contributed by atoms with Crippen molar-refractivity contribution in [1.82, 2.24) is 4.90 Å². The molecule has 0 N–H and O–H groups in total. The molecule has 0 saturated heterocycles. The van der Waals surface area contributed by atoms with E-state index in [4.69, 9.17) is 18.9 Å². The Hall–Kier alpha value is -1.67. The molecule has 0 aromatic rings. The number of ether oxygens (including phenoxy) is 4. The van der Waals surface area contributed by atoms with Gasteiger partial charge in [-0.2, -0.15) is 0 Å². The number of carbonyl (C=O) groups excluding carboxylic acids is 3. The molecule has 0 saturated carbocycles. The maximum Gasteiger partial charge on any atom is 0.335 e. The molecule has 0 fully saturated rings. The molecule has 0 aromatic carbocycles. The molecule has 0 aliphatic heterocycles. The summed E-state index contributed by atoms with van der Waals surface area (Å²) in [5.74, 6) is 0.655. The third kappa shape index (κ3) is 39.2. The van der Waals surface area contributed by atoms with Crippen molar-refractivity contribution < 1.29 is 33.3 Å². The van der Waals surface area contributed by atoms with E-state index in [1.807, 2.05) is 19.0 Å². The van der Waals surface area contributed by atoms with E-state index < -0.39 is 6.10 Å². The van der Waals surface area contributed by atoms with Crippen LogP contribution >= 0.6 is 0 Å². The molecule has 0 aromatic heterocycles. The molecule has 0 aliphatic rings. The normalized spacial score (nSPS) is 12.2. The van der Waals surface area contributed by atoms with E-state index in [1.54, 1.807) is 6.92 Å². The smallest absolute Gasteiger partial charge is 0.335 e. The lowest BCUT2D eigenvalue weighted by Gasteiger charge is -2.21. The van der Waals surface area contributed by atoms with Crippen LogP contribution in [0.25, 0.3) is 0 Å². The van der Waals surface area contributed by atoms with Crippen LogP contribution < -0.4 is 0 Å². The summed E-state index contributed by atoms with van der Waals surface area (Å²) in [5, 5.41) is 0. The van der Waals surface area contributed by atoms with Gasteiger partial charge in [0.2, 0.25) is 0 Å². The quantitative estimate of drug-likeness (QED) is 0.0340. The number of carbonyl (C=O) groups is 3. The number of rotatable bonds is 46. The molecule has 8 heteroatoms. The van der Waals surface area contributed by atoms with Gasteiger partial charge in [-0.25, -0.2) is 4.79 Å². The summed E-state index contributed by atoms with van der Waals surface area (Å²) >= 11 is 0. The Labute approximate surface area is 372 Å². The van der Waals surface area contributed by atoms with Crippen molar-refractivity contribution in [2.24, 2.45) is 11.8 Å². The third-order valence-corrected chi connectivity index (χ3v) is 12.2. The maximum atomic E-state index is 13.0. The zero-order valence-electron chi connectivity index (χ0n) is 41.0. The van der Waals surface area contributed by atoms with Crippen molar-refractivity contribution in [1.29, 1.82) is 0 Å². The summed E-state index contributed by atoms with van der Waals surface area (Å²) in [5.41, 5.74) is 0. The van der Waals surface area contributed by atoms with Crippen molar-refractivity contribution in [3.63, 3.8) is 0 Å². The minimum absolute atomic E-state index is 0.0407. The van der Waals surface area contributed by atoms with Crippen LogP contribution in [0.5, 0.6) is 0 Å². The minimum Gasteiger partial charge on any atom is -0.465 e. The van der Waals surface area contributed by atoms with Crippen LogP contribution in [0.15, 0.2) is 0 Å². The summed E-state index contributed by atoms with van der Waals surface area (Å²) in [4.78, 5) is 40.2. The topological polar surface area (TPSA) is 91.4 Å². The van der Waals surface area contributed by atoms with Crippen molar-refractivity contribution >= 4 is 17.9 Å². The third-order valence-electron chi connectivity index (χ3n) is 12.2. The second-order valence-corrected chi connectivity index (χ2v) is 18.5. The van der Waals surface area contributed by atoms with E-state index in [-0.39, 0.29) is 24.0 Å². The van der Waals surface area contributed by atoms with Gasteiger partial charge in [-0.15, -0.1) is 0 Å². The first-order valence-electron chi connectivity index (χ1n) is 25.9. The van der Waals surface area contributed by atoms with Gasteiger partial charge in [0.15, 0.2) is 6.10 Å². The van der Waals surface area contributed by atoms with E-state index in [2.05, 4.69) is 27.7 Å². The molecule has 0 aliphatic carbocycles. The highest BCUT2D eigenvalue weighted by molar-refractivity contribution is 5.74. The first-order chi connectivity index (χ1) is 29.2. The summed E-state index contributed by atoms with van der Waals surface area (Å²) in [6, 6.07) is 0. The van der Waals surface area contributed by atoms with Gasteiger partial charge in [0, 0.05) is 19.4 Å². The van der Waals surface area contributed by atoms with E-state index in [9.17, 15) is 14.4 Å². The molecular formula is C52H101NO7. The fourth-order valence-electron chi connectivity index (χ4n) is 7.97. The van der Waals surface area contributed by atoms with E-state index in [1.165, 1.54) is 128 Å².